The van der Waals surface area contributed by atoms with E-state index in [-0.39, 0.29) is 6.10 Å². The second kappa shape index (κ2) is 6.58. The summed E-state index contributed by atoms with van der Waals surface area (Å²) in [6, 6.07) is 0. The summed E-state index contributed by atoms with van der Waals surface area (Å²) < 4.78 is 0. The number of nitrogens with zero attached hydrogens (tertiary/aromatic N) is 1. The normalized spacial score (nSPS) is 36.9. The second-order valence-electron chi connectivity index (χ2n) is 7.73. The molecule has 0 spiro atoms. The van der Waals surface area contributed by atoms with E-state index < -0.39 is 0 Å². The molecule has 0 radical (unpaired) electrons. The van der Waals surface area contributed by atoms with Gasteiger partial charge in [-0.2, -0.15) is 0 Å². The van der Waals surface area contributed by atoms with Crippen LogP contribution in [0, 0.1) is 17.3 Å². The van der Waals surface area contributed by atoms with Gasteiger partial charge in [-0.15, -0.1) is 0 Å². The predicted octanol–water partition coefficient (Wildman–Crippen LogP) is 3.69. The van der Waals surface area contributed by atoms with Crippen molar-refractivity contribution in [1.82, 2.24) is 4.90 Å². The molecule has 0 amide bonds. The highest BCUT2D eigenvalue weighted by atomic mass is 16.3. The first-order valence-corrected chi connectivity index (χ1v) is 8.40. The number of hydrogen-bond acceptors (Lipinski definition) is 2. The minimum absolute atomic E-state index is 0.0425. The summed E-state index contributed by atoms with van der Waals surface area (Å²) >= 11 is 0. The molecule has 2 nitrogen and oxygen atoms in total. The maximum atomic E-state index is 10.3. The third kappa shape index (κ3) is 4.46. The summed E-state index contributed by atoms with van der Waals surface area (Å²) in [7, 11) is 0. The SMILES string of the molecule is CCC1CCC(O)C(CN2CCCC(C)(C)CC2)C1. The van der Waals surface area contributed by atoms with Gasteiger partial charge >= 0.3 is 0 Å². The number of likely N-dealkylation sites (tertiary alicyclic amines) is 1. The monoisotopic (exact) mass is 267 g/mol. The van der Waals surface area contributed by atoms with Gasteiger partial charge in [0, 0.05) is 6.54 Å². The highest BCUT2D eigenvalue weighted by molar-refractivity contribution is 4.83. The molecule has 3 unspecified atom stereocenters. The van der Waals surface area contributed by atoms with Crippen LogP contribution < -0.4 is 0 Å². The predicted molar refractivity (Wildman–Crippen MR) is 81.2 cm³/mol. The molecule has 1 N–H and O–H groups in total. The van der Waals surface area contributed by atoms with Gasteiger partial charge in [0.2, 0.25) is 0 Å². The molecule has 19 heavy (non-hydrogen) atoms. The minimum Gasteiger partial charge on any atom is -0.393 e. The lowest BCUT2D eigenvalue weighted by Crippen LogP contribution is -2.39. The third-order valence-electron chi connectivity index (χ3n) is 5.55. The maximum Gasteiger partial charge on any atom is 0.0580 e. The molecule has 0 bridgehead atoms. The Kier molecular flexibility index (Phi) is 5.30. The fourth-order valence-corrected chi connectivity index (χ4v) is 3.91. The summed E-state index contributed by atoms with van der Waals surface area (Å²) in [6.07, 6.45) is 8.75. The number of rotatable bonds is 3. The van der Waals surface area contributed by atoms with Gasteiger partial charge in [-0.05, 0) is 68.9 Å². The van der Waals surface area contributed by atoms with E-state index in [0.717, 1.165) is 18.9 Å². The lowest BCUT2D eigenvalue weighted by Gasteiger charge is -2.36. The standard InChI is InChI=1S/C17H33NO/c1-4-14-6-7-16(19)15(12-14)13-18-10-5-8-17(2,3)9-11-18/h14-16,19H,4-13H2,1-3H3. The molecule has 0 aromatic carbocycles. The zero-order chi connectivity index (χ0) is 13.9. The van der Waals surface area contributed by atoms with Gasteiger partial charge in [-0.25, -0.2) is 0 Å². The lowest BCUT2D eigenvalue weighted by atomic mass is 9.78. The summed E-state index contributed by atoms with van der Waals surface area (Å²) in [4.78, 5) is 2.63. The molecule has 1 saturated heterocycles. The Morgan fingerprint density at radius 3 is 2.68 bits per heavy atom. The fourth-order valence-electron chi connectivity index (χ4n) is 3.91. The Morgan fingerprint density at radius 2 is 1.95 bits per heavy atom. The first-order chi connectivity index (χ1) is 9.00. The molecule has 1 aliphatic carbocycles. The van der Waals surface area contributed by atoms with Crippen molar-refractivity contribution in [3.8, 4) is 0 Å². The average molecular weight is 267 g/mol. The van der Waals surface area contributed by atoms with Gasteiger partial charge in [0.05, 0.1) is 6.10 Å². The second-order valence-corrected chi connectivity index (χ2v) is 7.73. The zero-order valence-electron chi connectivity index (χ0n) is 13.2. The van der Waals surface area contributed by atoms with E-state index in [2.05, 4.69) is 25.7 Å². The van der Waals surface area contributed by atoms with Crippen molar-refractivity contribution < 1.29 is 5.11 Å². The molecule has 3 atom stereocenters. The van der Waals surface area contributed by atoms with Crippen LogP contribution >= 0.6 is 0 Å². The van der Waals surface area contributed by atoms with Gasteiger partial charge in [0.1, 0.15) is 0 Å². The third-order valence-corrected chi connectivity index (χ3v) is 5.55. The molecule has 1 heterocycles. The van der Waals surface area contributed by atoms with E-state index in [1.165, 1.54) is 51.6 Å². The quantitative estimate of drug-likeness (QED) is 0.843. The van der Waals surface area contributed by atoms with E-state index >= 15 is 0 Å². The largest absolute Gasteiger partial charge is 0.393 e. The first-order valence-electron chi connectivity index (χ1n) is 8.40. The Balaban J connectivity index is 1.85. The molecule has 2 heteroatoms. The molecular formula is C17H33NO. The van der Waals surface area contributed by atoms with E-state index in [1.54, 1.807) is 0 Å². The molecule has 2 rings (SSSR count). The van der Waals surface area contributed by atoms with Crippen LogP contribution in [0.2, 0.25) is 0 Å². The topological polar surface area (TPSA) is 23.5 Å². The van der Waals surface area contributed by atoms with E-state index in [0.29, 0.717) is 11.3 Å². The van der Waals surface area contributed by atoms with Crippen LogP contribution in [0.25, 0.3) is 0 Å². The van der Waals surface area contributed by atoms with Crippen LogP contribution in [-0.4, -0.2) is 35.7 Å². The first kappa shape index (κ1) is 15.3. The fraction of sp³-hybridized carbons (Fsp3) is 1.00. The molecule has 1 aliphatic heterocycles. The minimum atomic E-state index is -0.0425. The van der Waals surface area contributed by atoms with Crippen LogP contribution in [0.5, 0.6) is 0 Å². The summed E-state index contributed by atoms with van der Waals surface area (Å²) in [5.74, 6) is 1.39. The molecule has 1 saturated carbocycles. The summed E-state index contributed by atoms with van der Waals surface area (Å²) in [5, 5.41) is 10.3. The van der Waals surface area contributed by atoms with Crippen molar-refractivity contribution >= 4 is 0 Å². The van der Waals surface area contributed by atoms with Gasteiger partial charge in [0.25, 0.3) is 0 Å². The maximum absolute atomic E-state index is 10.3. The van der Waals surface area contributed by atoms with Crippen LogP contribution in [0.3, 0.4) is 0 Å². The van der Waals surface area contributed by atoms with Gasteiger partial charge in [-0.1, -0.05) is 27.2 Å². The Bertz CT molecular complexity index is 276. The number of aliphatic hydroxyl groups is 1. The van der Waals surface area contributed by atoms with Gasteiger partial charge in [0.15, 0.2) is 0 Å². The van der Waals surface area contributed by atoms with Crippen molar-refractivity contribution in [2.24, 2.45) is 17.3 Å². The molecule has 0 aromatic rings. The molecular weight excluding hydrogens is 234 g/mol. The Morgan fingerprint density at radius 1 is 1.16 bits per heavy atom. The van der Waals surface area contributed by atoms with Gasteiger partial charge < -0.3 is 10.0 Å². The molecule has 112 valence electrons. The highest BCUT2D eigenvalue weighted by Crippen LogP contribution is 2.34. The van der Waals surface area contributed by atoms with Crippen molar-refractivity contribution in [2.45, 2.75) is 71.8 Å². The van der Waals surface area contributed by atoms with Crippen molar-refractivity contribution in [2.75, 3.05) is 19.6 Å². The Hall–Kier alpha value is -0.0800. The van der Waals surface area contributed by atoms with Crippen LogP contribution in [0.4, 0.5) is 0 Å². The lowest BCUT2D eigenvalue weighted by molar-refractivity contribution is 0.0269. The summed E-state index contributed by atoms with van der Waals surface area (Å²) in [5.41, 5.74) is 0.520. The number of aliphatic hydroxyl groups excluding tert-OH is 1. The molecule has 2 fully saturated rings. The molecule has 2 aliphatic rings. The van der Waals surface area contributed by atoms with Crippen molar-refractivity contribution in [3.05, 3.63) is 0 Å². The molecule has 0 aromatic heterocycles. The zero-order valence-corrected chi connectivity index (χ0v) is 13.2. The van der Waals surface area contributed by atoms with Crippen LogP contribution in [0.15, 0.2) is 0 Å². The summed E-state index contributed by atoms with van der Waals surface area (Å²) in [6.45, 7) is 10.7. The average Bonchev–Trinajstić information content (AvgIpc) is 2.54. The Labute approximate surface area is 119 Å². The highest BCUT2D eigenvalue weighted by Gasteiger charge is 2.31. The van der Waals surface area contributed by atoms with Crippen molar-refractivity contribution in [1.29, 1.82) is 0 Å². The van der Waals surface area contributed by atoms with Crippen molar-refractivity contribution in [3.63, 3.8) is 0 Å². The van der Waals surface area contributed by atoms with E-state index in [4.69, 9.17) is 0 Å². The smallest absolute Gasteiger partial charge is 0.0580 e. The van der Waals surface area contributed by atoms with E-state index in [1.807, 2.05) is 0 Å². The van der Waals surface area contributed by atoms with Crippen LogP contribution in [0.1, 0.15) is 65.7 Å². The van der Waals surface area contributed by atoms with Crippen LogP contribution in [-0.2, 0) is 0 Å². The van der Waals surface area contributed by atoms with E-state index in [9.17, 15) is 5.11 Å². The van der Waals surface area contributed by atoms with Gasteiger partial charge in [-0.3, -0.25) is 0 Å². The number of hydrogen-bond donors (Lipinski definition) is 1.